The van der Waals surface area contributed by atoms with Crippen molar-refractivity contribution in [2.75, 3.05) is 51.7 Å². The maximum atomic E-state index is 12.0. The molecule has 3 aliphatic rings. The van der Waals surface area contributed by atoms with Gasteiger partial charge in [-0.15, -0.1) is 0 Å². The highest BCUT2D eigenvalue weighted by Crippen LogP contribution is 2.32. The lowest BCUT2D eigenvalue weighted by Gasteiger charge is -2.33. The Morgan fingerprint density at radius 1 is 1.07 bits per heavy atom. The highest BCUT2D eigenvalue weighted by atomic mass is 32.2. The third-order valence-electron chi connectivity index (χ3n) is 6.72. The average molecular weight is 434 g/mol. The Morgan fingerprint density at radius 2 is 1.93 bits per heavy atom. The van der Waals surface area contributed by atoms with E-state index >= 15 is 0 Å². The molecule has 8 heteroatoms. The molecule has 0 radical (unpaired) electrons. The van der Waals surface area contributed by atoms with Crippen molar-refractivity contribution in [3.63, 3.8) is 0 Å². The molecule has 4 heterocycles. The van der Waals surface area contributed by atoms with Gasteiger partial charge in [-0.2, -0.15) is 0 Å². The molecule has 7 nitrogen and oxygen atoms in total. The lowest BCUT2D eigenvalue weighted by atomic mass is 10.1. The number of fused-ring (bicyclic) bond motifs is 1. The molecule has 3 saturated heterocycles. The molecule has 0 amide bonds. The van der Waals surface area contributed by atoms with E-state index in [-0.39, 0.29) is 6.10 Å². The minimum Gasteiger partial charge on any atom is -0.490 e. The minimum absolute atomic E-state index is 0.209. The Hall–Kier alpha value is -1.61. The molecule has 3 aliphatic heterocycles. The van der Waals surface area contributed by atoms with Gasteiger partial charge in [-0.3, -0.25) is 0 Å². The standard InChI is InChI=1S/C22H31N3O4S/c26-30(27)16-2-9-24(30)14-13-23-10-5-19(6-11-23)29-22-4-1-3-21-20(22)7-12-25(21)18-8-15-28-17-18/h1,3-4,7,12,18-19H,2,5-6,8-11,13-17H2. The van der Waals surface area contributed by atoms with Crippen molar-refractivity contribution in [1.82, 2.24) is 13.8 Å². The first-order valence-corrected chi connectivity index (χ1v) is 12.8. The van der Waals surface area contributed by atoms with Crippen LogP contribution in [-0.4, -0.2) is 80.0 Å². The number of hydrogen-bond acceptors (Lipinski definition) is 5. The van der Waals surface area contributed by atoms with Crippen molar-refractivity contribution < 1.29 is 17.9 Å². The van der Waals surface area contributed by atoms with E-state index in [1.54, 1.807) is 4.31 Å². The lowest BCUT2D eigenvalue weighted by molar-refractivity contribution is 0.0994. The summed E-state index contributed by atoms with van der Waals surface area (Å²) in [6.07, 6.45) is 6.14. The Bertz CT molecular complexity index is 975. The molecule has 30 heavy (non-hydrogen) atoms. The Labute approximate surface area is 178 Å². The molecule has 2 aromatic rings. The fourth-order valence-electron chi connectivity index (χ4n) is 4.95. The van der Waals surface area contributed by atoms with E-state index in [2.05, 4.69) is 39.9 Å². The molecule has 0 spiro atoms. The molecule has 0 bridgehead atoms. The zero-order chi connectivity index (χ0) is 20.6. The van der Waals surface area contributed by atoms with E-state index in [1.807, 2.05) is 0 Å². The summed E-state index contributed by atoms with van der Waals surface area (Å²) in [5.41, 5.74) is 1.22. The van der Waals surface area contributed by atoms with Gasteiger partial charge in [-0.1, -0.05) is 6.07 Å². The Balaban J connectivity index is 1.17. The molecule has 164 valence electrons. The Kier molecular flexibility index (Phi) is 5.75. The van der Waals surface area contributed by atoms with Crippen LogP contribution in [0.25, 0.3) is 10.9 Å². The maximum Gasteiger partial charge on any atom is 0.214 e. The van der Waals surface area contributed by atoms with Gasteiger partial charge in [0.15, 0.2) is 0 Å². The van der Waals surface area contributed by atoms with Gasteiger partial charge in [0.2, 0.25) is 10.0 Å². The summed E-state index contributed by atoms with van der Waals surface area (Å²) in [6.45, 7) is 5.64. The molecule has 1 aromatic heterocycles. The fourth-order valence-corrected chi connectivity index (χ4v) is 6.47. The number of ether oxygens (including phenoxy) is 2. The van der Waals surface area contributed by atoms with Crippen LogP contribution < -0.4 is 4.74 Å². The first-order valence-electron chi connectivity index (χ1n) is 11.1. The summed E-state index contributed by atoms with van der Waals surface area (Å²) >= 11 is 0. The fraction of sp³-hybridized carbons (Fsp3) is 0.636. The second-order valence-electron chi connectivity index (χ2n) is 8.66. The summed E-state index contributed by atoms with van der Waals surface area (Å²) in [4.78, 5) is 2.37. The highest BCUT2D eigenvalue weighted by Gasteiger charge is 2.29. The third kappa shape index (κ3) is 4.10. The van der Waals surface area contributed by atoms with E-state index in [9.17, 15) is 8.42 Å². The van der Waals surface area contributed by atoms with Gasteiger partial charge in [0.05, 0.1) is 23.9 Å². The maximum absolute atomic E-state index is 12.0. The first-order chi connectivity index (χ1) is 14.6. The molecule has 0 N–H and O–H groups in total. The van der Waals surface area contributed by atoms with Gasteiger partial charge >= 0.3 is 0 Å². The van der Waals surface area contributed by atoms with Crippen molar-refractivity contribution in [1.29, 1.82) is 0 Å². The number of aromatic nitrogens is 1. The second kappa shape index (κ2) is 8.49. The van der Waals surface area contributed by atoms with Gasteiger partial charge in [0.1, 0.15) is 11.9 Å². The molecule has 1 unspecified atom stereocenters. The van der Waals surface area contributed by atoms with Crippen LogP contribution in [0, 0.1) is 0 Å². The largest absolute Gasteiger partial charge is 0.490 e. The molecule has 0 saturated carbocycles. The zero-order valence-corrected chi connectivity index (χ0v) is 18.2. The predicted molar refractivity (Wildman–Crippen MR) is 116 cm³/mol. The van der Waals surface area contributed by atoms with Crippen LogP contribution in [0.4, 0.5) is 0 Å². The quantitative estimate of drug-likeness (QED) is 0.700. The van der Waals surface area contributed by atoms with Crippen molar-refractivity contribution in [3.8, 4) is 5.75 Å². The highest BCUT2D eigenvalue weighted by molar-refractivity contribution is 7.89. The van der Waals surface area contributed by atoms with Gasteiger partial charge < -0.3 is 18.9 Å². The zero-order valence-electron chi connectivity index (χ0n) is 17.4. The number of sulfonamides is 1. The molecule has 1 aromatic carbocycles. The normalized spacial score (nSPS) is 25.9. The second-order valence-corrected chi connectivity index (χ2v) is 10.7. The van der Waals surface area contributed by atoms with Crippen molar-refractivity contribution in [2.24, 2.45) is 0 Å². The van der Waals surface area contributed by atoms with Crippen molar-refractivity contribution in [3.05, 3.63) is 30.5 Å². The topological polar surface area (TPSA) is 64.0 Å². The molecular formula is C22H31N3O4S. The van der Waals surface area contributed by atoms with Gasteiger partial charge in [-0.25, -0.2) is 12.7 Å². The van der Waals surface area contributed by atoms with Gasteiger partial charge in [-0.05, 0) is 43.9 Å². The number of benzene rings is 1. The molecule has 5 rings (SSSR count). The van der Waals surface area contributed by atoms with Crippen LogP contribution in [-0.2, 0) is 14.8 Å². The SMILES string of the molecule is O=S1(=O)CCCN1CCN1CCC(Oc2cccc3c2ccn3C2CCOC2)CC1. The average Bonchev–Trinajstić information content (AvgIpc) is 3.47. The molecular weight excluding hydrogens is 402 g/mol. The van der Waals surface area contributed by atoms with E-state index in [0.717, 1.165) is 64.3 Å². The van der Waals surface area contributed by atoms with E-state index in [1.165, 1.54) is 10.9 Å². The van der Waals surface area contributed by atoms with Crippen molar-refractivity contribution >= 4 is 20.9 Å². The monoisotopic (exact) mass is 433 g/mol. The first kappa shape index (κ1) is 20.3. The molecule has 1 atom stereocenters. The van der Waals surface area contributed by atoms with E-state index in [0.29, 0.717) is 24.9 Å². The minimum atomic E-state index is -2.99. The van der Waals surface area contributed by atoms with Crippen LogP contribution in [0.3, 0.4) is 0 Å². The van der Waals surface area contributed by atoms with E-state index in [4.69, 9.17) is 9.47 Å². The molecule has 3 fully saturated rings. The van der Waals surface area contributed by atoms with Gasteiger partial charge in [0, 0.05) is 50.9 Å². The number of rotatable bonds is 6. The number of piperidine rings is 1. The van der Waals surface area contributed by atoms with Gasteiger partial charge in [0.25, 0.3) is 0 Å². The van der Waals surface area contributed by atoms with Crippen LogP contribution in [0.5, 0.6) is 5.75 Å². The summed E-state index contributed by atoms with van der Waals surface area (Å²) in [7, 11) is -2.99. The van der Waals surface area contributed by atoms with Crippen LogP contribution in [0.1, 0.15) is 31.7 Å². The van der Waals surface area contributed by atoms with Crippen LogP contribution in [0.15, 0.2) is 30.5 Å². The van der Waals surface area contributed by atoms with Crippen LogP contribution >= 0.6 is 0 Å². The third-order valence-corrected chi connectivity index (χ3v) is 8.68. The van der Waals surface area contributed by atoms with Crippen molar-refractivity contribution in [2.45, 2.75) is 37.8 Å². The summed E-state index contributed by atoms with van der Waals surface area (Å²) in [5, 5.41) is 1.17. The smallest absolute Gasteiger partial charge is 0.214 e. The predicted octanol–water partition coefficient (Wildman–Crippen LogP) is 2.48. The number of nitrogens with zero attached hydrogens (tertiary/aromatic N) is 3. The number of hydrogen-bond donors (Lipinski definition) is 0. The molecule has 0 aliphatic carbocycles. The van der Waals surface area contributed by atoms with Crippen LogP contribution in [0.2, 0.25) is 0 Å². The summed E-state index contributed by atoms with van der Waals surface area (Å²) in [6, 6.07) is 8.89. The summed E-state index contributed by atoms with van der Waals surface area (Å²) < 4.78 is 39.9. The summed E-state index contributed by atoms with van der Waals surface area (Å²) in [5.74, 6) is 1.27. The van der Waals surface area contributed by atoms with E-state index < -0.39 is 10.0 Å². The Morgan fingerprint density at radius 3 is 2.67 bits per heavy atom. The number of likely N-dealkylation sites (tertiary alicyclic amines) is 1. The lowest BCUT2D eigenvalue weighted by Crippen LogP contribution is -2.42.